The van der Waals surface area contributed by atoms with Crippen molar-refractivity contribution in [1.82, 2.24) is 0 Å². The summed E-state index contributed by atoms with van der Waals surface area (Å²) in [5.41, 5.74) is 7.06. The number of hydrogen-bond donors (Lipinski definition) is 1. The molecule has 0 radical (unpaired) electrons. The van der Waals surface area contributed by atoms with E-state index in [-0.39, 0.29) is 11.5 Å². The first-order valence-corrected chi connectivity index (χ1v) is 7.26. The van der Waals surface area contributed by atoms with Gasteiger partial charge in [-0.15, -0.1) is 0 Å². The Hall–Kier alpha value is -0.650. The fourth-order valence-corrected chi connectivity index (χ4v) is 3.09. The van der Waals surface area contributed by atoms with Crippen molar-refractivity contribution in [1.29, 1.82) is 0 Å². The van der Waals surface area contributed by atoms with E-state index in [0.717, 1.165) is 15.4 Å². The molecule has 3 nitrogen and oxygen atoms in total. The van der Waals surface area contributed by atoms with Crippen molar-refractivity contribution in [3.63, 3.8) is 0 Å². The third-order valence-corrected chi connectivity index (χ3v) is 3.92. The van der Waals surface area contributed by atoms with Gasteiger partial charge in [0.15, 0.2) is 11.0 Å². The van der Waals surface area contributed by atoms with Crippen LogP contribution in [-0.4, -0.2) is 6.04 Å². The number of benzene rings is 1. The van der Waals surface area contributed by atoms with Crippen molar-refractivity contribution in [3.05, 3.63) is 43.1 Å². The Bertz CT molecular complexity index is 637. The predicted molar refractivity (Wildman–Crippen MR) is 79.9 cm³/mol. The second kappa shape index (κ2) is 5.55. The first kappa shape index (κ1) is 13.8. The molecule has 2 aromatic rings. The molecule has 2 N–H and O–H groups in total. The Labute approximate surface area is 122 Å². The molecule has 0 saturated heterocycles. The summed E-state index contributed by atoms with van der Waals surface area (Å²) >= 11 is 6.75. The first-order chi connectivity index (χ1) is 8.52. The van der Waals surface area contributed by atoms with E-state index in [1.807, 2.05) is 13.0 Å². The molecule has 0 aliphatic heterocycles. The molecule has 96 valence electrons. The molecule has 0 aliphatic rings. The highest BCUT2D eigenvalue weighted by Crippen LogP contribution is 2.27. The van der Waals surface area contributed by atoms with Crippen molar-refractivity contribution in [2.45, 2.75) is 25.8 Å². The lowest BCUT2D eigenvalue weighted by Crippen LogP contribution is -2.25. The topological polar surface area (TPSA) is 56.2 Å². The van der Waals surface area contributed by atoms with Crippen LogP contribution in [0, 0.1) is 0 Å². The van der Waals surface area contributed by atoms with Crippen molar-refractivity contribution in [2.75, 3.05) is 0 Å². The molecule has 1 atom stereocenters. The third kappa shape index (κ3) is 2.68. The highest BCUT2D eigenvalue weighted by Gasteiger charge is 2.12. The van der Waals surface area contributed by atoms with Crippen LogP contribution in [0.25, 0.3) is 11.0 Å². The maximum Gasteiger partial charge on any atom is 0.195 e. The van der Waals surface area contributed by atoms with E-state index >= 15 is 0 Å². The van der Waals surface area contributed by atoms with Gasteiger partial charge in [-0.05, 0) is 40.9 Å². The summed E-state index contributed by atoms with van der Waals surface area (Å²) in [5.74, 6) is 0. The van der Waals surface area contributed by atoms with Crippen LogP contribution in [0.5, 0.6) is 0 Å². The zero-order valence-electron chi connectivity index (χ0n) is 9.87. The average molecular weight is 375 g/mol. The summed E-state index contributed by atoms with van der Waals surface area (Å²) in [6.07, 6.45) is 2.89. The van der Waals surface area contributed by atoms with Gasteiger partial charge >= 0.3 is 0 Å². The monoisotopic (exact) mass is 373 g/mol. The van der Waals surface area contributed by atoms with Gasteiger partial charge in [-0.3, -0.25) is 4.79 Å². The number of rotatable bonds is 3. The van der Waals surface area contributed by atoms with E-state index in [1.54, 1.807) is 6.07 Å². The molecule has 0 amide bonds. The van der Waals surface area contributed by atoms with E-state index in [4.69, 9.17) is 10.2 Å². The molecular formula is C13H13Br2NO2. The van der Waals surface area contributed by atoms with Crippen LogP contribution in [0.15, 0.2) is 36.6 Å². The maximum absolute atomic E-state index is 12.3. The van der Waals surface area contributed by atoms with E-state index in [1.165, 1.54) is 6.26 Å². The van der Waals surface area contributed by atoms with Gasteiger partial charge in [-0.1, -0.05) is 22.9 Å². The zero-order chi connectivity index (χ0) is 13.3. The molecule has 0 spiro atoms. The molecule has 5 heteroatoms. The summed E-state index contributed by atoms with van der Waals surface area (Å²) in [6.45, 7) is 2.00. The minimum absolute atomic E-state index is 0.0119. The number of hydrogen-bond acceptors (Lipinski definition) is 3. The van der Waals surface area contributed by atoms with Gasteiger partial charge in [0, 0.05) is 16.1 Å². The van der Waals surface area contributed by atoms with Crippen LogP contribution in [0.3, 0.4) is 0 Å². The Balaban J connectivity index is 2.60. The van der Waals surface area contributed by atoms with Gasteiger partial charge < -0.3 is 10.2 Å². The van der Waals surface area contributed by atoms with E-state index in [9.17, 15) is 4.79 Å². The molecular weight excluding hydrogens is 362 g/mol. The lowest BCUT2D eigenvalue weighted by atomic mass is 10.0. The van der Waals surface area contributed by atoms with Crippen LogP contribution in [0.1, 0.15) is 18.9 Å². The smallest absolute Gasteiger partial charge is 0.195 e. The van der Waals surface area contributed by atoms with Gasteiger partial charge in [0.05, 0.1) is 16.1 Å². The van der Waals surface area contributed by atoms with Crippen molar-refractivity contribution >= 4 is 42.8 Å². The molecule has 0 bridgehead atoms. The Morgan fingerprint density at radius 1 is 1.39 bits per heavy atom. The molecule has 1 aromatic carbocycles. The van der Waals surface area contributed by atoms with E-state index in [2.05, 4.69) is 31.9 Å². The largest absolute Gasteiger partial charge is 0.463 e. The van der Waals surface area contributed by atoms with Gasteiger partial charge in [-0.25, -0.2) is 0 Å². The minimum Gasteiger partial charge on any atom is -0.463 e. The zero-order valence-corrected chi connectivity index (χ0v) is 13.0. The fraction of sp³-hybridized carbons (Fsp3) is 0.308. The summed E-state index contributed by atoms with van der Waals surface area (Å²) in [5, 5.41) is 0.567. The van der Waals surface area contributed by atoms with Gasteiger partial charge in [-0.2, -0.15) is 0 Å². The molecule has 1 unspecified atom stereocenters. The van der Waals surface area contributed by atoms with Crippen molar-refractivity contribution in [3.8, 4) is 0 Å². The standard InChI is InChI=1S/C13H13Br2NO2/c1-2-9(16)3-7-6-18-13-10(12(7)17)4-8(14)5-11(13)15/h4-6,9H,2-3,16H2,1H3. The summed E-state index contributed by atoms with van der Waals surface area (Å²) in [7, 11) is 0. The molecule has 0 fully saturated rings. The quantitative estimate of drug-likeness (QED) is 0.892. The number of fused-ring (bicyclic) bond motifs is 1. The van der Waals surface area contributed by atoms with E-state index in [0.29, 0.717) is 23.0 Å². The Morgan fingerprint density at radius 3 is 2.78 bits per heavy atom. The second-order valence-corrected chi connectivity index (χ2v) is 6.00. The minimum atomic E-state index is -0.0130. The summed E-state index contributed by atoms with van der Waals surface area (Å²) in [6, 6.07) is 3.61. The molecule has 1 heterocycles. The SMILES string of the molecule is CCC(N)Cc1coc2c(Br)cc(Br)cc2c1=O. The van der Waals surface area contributed by atoms with Crippen LogP contribution in [-0.2, 0) is 6.42 Å². The van der Waals surface area contributed by atoms with Gasteiger partial charge in [0.1, 0.15) is 0 Å². The van der Waals surface area contributed by atoms with Gasteiger partial charge in [0.25, 0.3) is 0 Å². The molecule has 0 saturated carbocycles. The highest BCUT2D eigenvalue weighted by atomic mass is 79.9. The fourth-order valence-electron chi connectivity index (χ4n) is 1.77. The van der Waals surface area contributed by atoms with Crippen LogP contribution < -0.4 is 11.2 Å². The predicted octanol–water partition coefficient (Wildman–Crippen LogP) is 3.60. The molecule has 0 aliphatic carbocycles. The van der Waals surface area contributed by atoms with Crippen LogP contribution in [0.4, 0.5) is 0 Å². The Morgan fingerprint density at radius 2 is 2.11 bits per heavy atom. The van der Waals surface area contributed by atoms with Crippen molar-refractivity contribution < 1.29 is 4.42 Å². The second-order valence-electron chi connectivity index (χ2n) is 4.23. The normalized spacial score (nSPS) is 12.9. The number of nitrogens with two attached hydrogens (primary N) is 1. The van der Waals surface area contributed by atoms with E-state index < -0.39 is 0 Å². The summed E-state index contributed by atoms with van der Waals surface area (Å²) < 4.78 is 7.13. The molecule has 1 aromatic heterocycles. The first-order valence-electron chi connectivity index (χ1n) is 5.68. The molecule has 18 heavy (non-hydrogen) atoms. The van der Waals surface area contributed by atoms with Crippen LogP contribution in [0.2, 0.25) is 0 Å². The lowest BCUT2D eigenvalue weighted by molar-refractivity contribution is 0.573. The summed E-state index contributed by atoms with van der Waals surface area (Å²) in [4.78, 5) is 12.3. The van der Waals surface area contributed by atoms with Gasteiger partial charge in [0.2, 0.25) is 0 Å². The maximum atomic E-state index is 12.3. The number of halogens is 2. The highest BCUT2D eigenvalue weighted by molar-refractivity contribution is 9.11. The molecule has 2 rings (SSSR count). The Kier molecular flexibility index (Phi) is 4.25. The van der Waals surface area contributed by atoms with Crippen LogP contribution >= 0.6 is 31.9 Å². The lowest BCUT2D eigenvalue weighted by Gasteiger charge is -2.08. The average Bonchev–Trinajstić information content (AvgIpc) is 2.33. The van der Waals surface area contributed by atoms with Crippen molar-refractivity contribution in [2.24, 2.45) is 5.73 Å². The third-order valence-electron chi connectivity index (χ3n) is 2.87.